The Labute approximate surface area is 105 Å². The Hall–Kier alpha value is -0.300. The van der Waals surface area contributed by atoms with Crippen molar-refractivity contribution in [2.75, 3.05) is 5.88 Å². The molecule has 0 aromatic rings. The van der Waals surface area contributed by atoms with E-state index in [-0.39, 0.29) is 5.78 Å². The van der Waals surface area contributed by atoms with Gasteiger partial charge >= 0.3 is 0 Å². The van der Waals surface area contributed by atoms with Gasteiger partial charge in [0.25, 0.3) is 0 Å². The summed E-state index contributed by atoms with van der Waals surface area (Å²) in [6, 6.07) is 0. The number of hydrogen-bond donors (Lipinski definition) is 0. The minimum absolute atomic E-state index is 0.109. The normalized spacial score (nSPS) is 11.8. The maximum absolute atomic E-state index is 11.1. The molecular weight excluding hydrogens is 220 g/mol. The maximum atomic E-state index is 11.1. The smallest absolute Gasteiger partial charge is 0.156 e. The Morgan fingerprint density at radius 1 is 1.06 bits per heavy atom. The van der Waals surface area contributed by atoms with Crippen LogP contribution < -0.4 is 0 Å². The molecular formula is C14H25ClO. The molecule has 0 bridgehead atoms. The summed E-state index contributed by atoms with van der Waals surface area (Å²) in [5, 5.41) is 0. The van der Waals surface area contributed by atoms with Crippen LogP contribution in [0.3, 0.4) is 0 Å². The molecule has 0 aliphatic heterocycles. The first-order chi connectivity index (χ1) is 7.72. The Morgan fingerprint density at radius 3 is 2.12 bits per heavy atom. The van der Waals surface area contributed by atoms with Crippen molar-refractivity contribution in [1.82, 2.24) is 0 Å². The standard InChI is InChI=1S/C14H25ClO/c1-3-4-5-6-7-8-9-10-11-14(12-15)13(2)16/h11H,3-10,12H2,1-2H3/b14-11-. The molecule has 0 unspecified atom stereocenters. The largest absolute Gasteiger partial charge is 0.295 e. The number of allylic oxidation sites excluding steroid dienone is 2. The quantitative estimate of drug-likeness (QED) is 0.304. The molecule has 0 aromatic carbocycles. The summed E-state index contributed by atoms with van der Waals surface area (Å²) < 4.78 is 0. The predicted octanol–water partition coefficient (Wildman–Crippen LogP) is 4.88. The third-order valence-electron chi connectivity index (χ3n) is 2.79. The summed E-state index contributed by atoms with van der Waals surface area (Å²) in [5.41, 5.74) is 0.771. The van der Waals surface area contributed by atoms with E-state index in [2.05, 4.69) is 6.92 Å². The van der Waals surface area contributed by atoms with Crippen molar-refractivity contribution in [3.8, 4) is 0 Å². The van der Waals surface area contributed by atoms with Gasteiger partial charge in [0, 0.05) is 5.57 Å². The molecule has 0 rings (SSSR count). The first kappa shape index (κ1) is 15.7. The third kappa shape index (κ3) is 8.96. The highest BCUT2D eigenvalue weighted by Crippen LogP contribution is 2.10. The number of Topliss-reactive ketones (excluding diaryl/α,β-unsaturated/α-hetero) is 1. The van der Waals surface area contributed by atoms with Crippen LogP contribution in [0.4, 0.5) is 0 Å². The number of hydrogen-bond acceptors (Lipinski definition) is 1. The van der Waals surface area contributed by atoms with Gasteiger partial charge in [-0.15, -0.1) is 11.6 Å². The van der Waals surface area contributed by atoms with E-state index in [9.17, 15) is 4.79 Å². The van der Waals surface area contributed by atoms with E-state index in [4.69, 9.17) is 11.6 Å². The first-order valence-electron chi connectivity index (χ1n) is 6.48. The molecule has 0 aliphatic rings. The van der Waals surface area contributed by atoms with Crippen molar-refractivity contribution < 1.29 is 4.79 Å². The zero-order valence-corrected chi connectivity index (χ0v) is 11.5. The van der Waals surface area contributed by atoms with E-state index >= 15 is 0 Å². The Balaban J connectivity index is 3.41. The molecule has 0 N–H and O–H groups in total. The van der Waals surface area contributed by atoms with Gasteiger partial charge in [-0.05, 0) is 19.8 Å². The van der Waals surface area contributed by atoms with E-state index in [0.29, 0.717) is 5.88 Å². The lowest BCUT2D eigenvalue weighted by Gasteiger charge is -2.00. The monoisotopic (exact) mass is 244 g/mol. The molecule has 0 heterocycles. The summed E-state index contributed by atoms with van der Waals surface area (Å²) in [6.07, 6.45) is 12.2. The van der Waals surface area contributed by atoms with Crippen molar-refractivity contribution in [3.63, 3.8) is 0 Å². The molecule has 0 spiro atoms. The van der Waals surface area contributed by atoms with Gasteiger partial charge in [-0.1, -0.05) is 51.5 Å². The number of rotatable bonds is 10. The van der Waals surface area contributed by atoms with E-state index in [1.54, 1.807) is 6.92 Å². The number of carbonyl (C=O) groups is 1. The fraction of sp³-hybridized carbons (Fsp3) is 0.786. The number of carbonyl (C=O) groups excluding carboxylic acids is 1. The van der Waals surface area contributed by atoms with Gasteiger partial charge < -0.3 is 0 Å². The summed E-state index contributed by atoms with van der Waals surface area (Å²) in [5.74, 6) is 0.462. The average molecular weight is 245 g/mol. The molecule has 0 atom stereocenters. The Morgan fingerprint density at radius 2 is 1.62 bits per heavy atom. The second-order valence-electron chi connectivity index (χ2n) is 4.33. The number of alkyl halides is 1. The van der Waals surface area contributed by atoms with E-state index in [1.807, 2.05) is 6.08 Å². The van der Waals surface area contributed by atoms with Gasteiger partial charge in [0.1, 0.15) is 0 Å². The Kier molecular flexibility index (Phi) is 11.0. The molecule has 94 valence electrons. The van der Waals surface area contributed by atoms with Crippen LogP contribution in [-0.2, 0) is 4.79 Å². The second kappa shape index (κ2) is 11.2. The fourth-order valence-electron chi connectivity index (χ4n) is 1.67. The molecule has 0 saturated heterocycles. The summed E-state index contributed by atoms with van der Waals surface area (Å²) in [6.45, 7) is 3.82. The molecule has 2 heteroatoms. The van der Waals surface area contributed by atoms with Crippen LogP contribution in [0.1, 0.15) is 65.2 Å². The highest BCUT2D eigenvalue weighted by atomic mass is 35.5. The summed E-state index contributed by atoms with van der Waals surface area (Å²) in [7, 11) is 0. The topological polar surface area (TPSA) is 17.1 Å². The minimum atomic E-state index is 0.109. The molecule has 0 amide bonds. The molecule has 16 heavy (non-hydrogen) atoms. The highest BCUT2D eigenvalue weighted by molar-refractivity contribution is 6.22. The fourth-order valence-corrected chi connectivity index (χ4v) is 1.97. The Bertz CT molecular complexity index is 209. The molecule has 0 fully saturated rings. The number of halogens is 1. The number of unbranched alkanes of at least 4 members (excludes halogenated alkanes) is 7. The summed E-state index contributed by atoms with van der Waals surface area (Å²) >= 11 is 5.67. The van der Waals surface area contributed by atoms with Crippen LogP contribution in [-0.4, -0.2) is 11.7 Å². The van der Waals surface area contributed by atoms with E-state index in [0.717, 1.165) is 12.0 Å². The molecule has 0 aromatic heterocycles. The van der Waals surface area contributed by atoms with E-state index < -0.39 is 0 Å². The van der Waals surface area contributed by atoms with Gasteiger partial charge in [-0.3, -0.25) is 4.79 Å². The van der Waals surface area contributed by atoms with Crippen LogP contribution >= 0.6 is 11.6 Å². The van der Waals surface area contributed by atoms with Crippen LogP contribution in [0.5, 0.6) is 0 Å². The SMILES string of the molecule is CCCCCCCCC/C=C(/CCl)C(C)=O. The van der Waals surface area contributed by atoms with Gasteiger partial charge in [0.05, 0.1) is 5.88 Å². The lowest BCUT2D eigenvalue weighted by atomic mass is 10.1. The van der Waals surface area contributed by atoms with Crippen molar-refractivity contribution >= 4 is 17.4 Å². The van der Waals surface area contributed by atoms with Crippen LogP contribution in [0.15, 0.2) is 11.6 Å². The van der Waals surface area contributed by atoms with Crippen molar-refractivity contribution in [2.45, 2.75) is 65.2 Å². The van der Waals surface area contributed by atoms with Crippen LogP contribution in [0.25, 0.3) is 0 Å². The average Bonchev–Trinajstić information content (AvgIpc) is 2.26. The lowest BCUT2D eigenvalue weighted by Crippen LogP contribution is -1.97. The number of ketones is 1. The van der Waals surface area contributed by atoms with Crippen LogP contribution in [0, 0.1) is 0 Å². The van der Waals surface area contributed by atoms with Gasteiger partial charge in [-0.25, -0.2) is 0 Å². The van der Waals surface area contributed by atoms with Crippen molar-refractivity contribution in [3.05, 3.63) is 11.6 Å². The zero-order chi connectivity index (χ0) is 12.2. The van der Waals surface area contributed by atoms with Crippen molar-refractivity contribution in [2.24, 2.45) is 0 Å². The first-order valence-corrected chi connectivity index (χ1v) is 7.01. The van der Waals surface area contributed by atoms with E-state index in [1.165, 1.54) is 44.9 Å². The van der Waals surface area contributed by atoms with Gasteiger partial charge in [0.2, 0.25) is 0 Å². The minimum Gasteiger partial charge on any atom is -0.295 e. The molecule has 0 aliphatic carbocycles. The lowest BCUT2D eigenvalue weighted by molar-refractivity contribution is -0.113. The maximum Gasteiger partial charge on any atom is 0.156 e. The summed E-state index contributed by atoms with van der Waals surface area (Å²) in [4.78, 5) is 11.1. The van der Waals surface area contributed by atoms with Gasteiger partial charge in [0.15, 0.2) is 5.78 Å². The predicted molar refractivity (Wildman–Crippen MR) is 72.1 cm³/mol. The molecule has 1 nitrogen and oxygen atoms in total. The van der Waals surface area contributed by atoms with Gasteiger partial charge in [-0.2, -0.15) is 0 Å². The second-order valence-corrected chi connectivity index (χ2v) is 4.60. The molecule has 0 saturated carbocycles. The van der Waals surface area contributed by atoms with Crippen LogP contribution in [0.2, 0.25) is 0 Å². The zero-order valence-electron chi connectivity index (χ0n) is 10.7. The molecule has 0 radical (unpaired) electrons. The third-order valence-corrected chi connectivity index (χ3v) is 3.08. The highest BCUT2D eigenvalue weighted by Gasteiger charge is 2.00. The van der Waals surface area contributed by atoms with Crippen molar-refractivity contribution in [1.29, 1.82) is 0 Å².